The van der Waals surface area contributed by atoms with Crippen LogP contribution in [0.4, 0.5) is 0 Å². The lowest BCUT2D eigenvalue weighted by Crippen LogP contribution is -2.43. The minimum Gasteiger partial charge on any atom is -0.363 e. The first-order chi connectivity index (χ1) is 13.5. The summed E-state index contributed by atoms with van der Waals surface area (Å²) in [5.74, 6) is 0. The quantitative estimate of drug-likeness (QED) is 0.656. The maximum Gasteiger partial charge on any atom is 0.243 e. The van der Waals surface area contributed by atoms with Gasteiger partial charge >= 0.3 is 0 Å². The van der Waals surface area contributed by atoms with Gasteiger partial charge in [-0.1, -0.05) is 78.4 Å². The van der Waals surface area contributed by atoms with Gasteiger partial charge in [0.1, 0.15) is 0 Å². The summed E-state index contributed by atoms with van der Waals surface area (Å²) in [6.07, 6.45) is -0.638. The van der Waals surface area contributed by atoms with Crippen molar-refractivity contribution in [2.24, 2.45) is 0 Å². The molecule has 1 fully saturated rings. The van der Waals surface area contributed by atoms with E-state index in [-0.39, 0.29) is 12.2 Å². The zero-order chi connectivity index (χ0) is 19.6. The van der Waals surface area contributed by atoms with Crippen LogP contribution in [-0.2, 0) is 14.8 Å². The molecule has 4 nitrogen and oxygen atoms in total. The smallest absolute Gasteiger partial charge is 0.243 e. The van der Waals surface area contributed by atoms with Crippen LogP contribution >= 0.6 is 0 Å². The molecule has 0 aliphatic carbocycles. The van der Waals surface area contributed by atoms with Crippen molar-refractivity contribution in [1.82, 2.24) is 4.31 Å². The van der Waals surface area contributed by atoms with Crippen LogP contribution in [0.15, 0.2) is 89.8 Å². The molecule has 28 heavy (non-hydrogen) atoms. The Balaban J connectivity index is 1.70. The predicted molar refractivity (Wildman–Crippen MR) is 109 cm³/mol. The lowest BCUT2D eigenvalue weighted by Gasteiger charge is -2.37. The zero-order valence-electron chi connectivity index (χ0n) is 15.7. The lowest BCUT2D eigenvalue weighted by atomic mass is 10.0. The van der Waals surface area contributed by atoms with Crippen LogP contribution in [0.5, 0.6) is 0 Å². The molecule has 1 aliphatic rings. The van der Waals surface area contributed by atoms with Crippen molar-refractivity contribution < 1.29 is 13.2 Å². The summed E-state index contributed by atoms with van der Waals surface area (Å²) in [6, 6.07) is 26.6. The number of nitrogens with zero attached hydrogens (tertiary/aromatic N) is 1. The maximum absolute atomic E-state index is 13.3. The van der Waals surface area contributed by atoms with Gasteiger partial charge in [0.05, 0.1) is 17.1 Å². The molecule has 0 saturated carbocycles. The largest absolute Gasteiger partial charge is 0.363 e. The normalized spacial score (nSPS) is 20.8. The Bertz CT molecular complexity index is 971. The molecule has 3 aromatic rings. The van der Waals surface area contributed by atoms with Crippen molar-refractivity contribution in [3.05, 3.63) is 102 Å². The standard InChI is InChI=1S/C23H23NO3S/c1-18-12-14-21(15-13-18)28(25,26)24-16-22(19-8-4-2-5-9-19)27-23(17-24)20-10-6-3-7-11-20/h2-15,22-23H,16-17H2,1H3/t22-,23-/m1/s1. The van der Waals surface area contributed by atoms with Gasteiger partial charge in [0.15, 0.2) is 0 Å². The summed E-state index contributed by atoms with van der Waals surface area (Å²) in [4.78, 5) is 0.318. The van der Waals surface area contributed by atoms with Crippen molar-refractivity contribution >= 4 is 10.0 Å². The highest BCUT2D eigenvalue weighted by atomic mass is 32.2. The molecule has 0 amide bonds. The number of ether oxygens (including phenoxy) is 1. The molecule has 0 bridgehead atoms. The van der Waals surface area contributed by atoms with Gasteiger partial charge in [-0.3, -0.25) is 0 Å². The van der Waals surface area contributed by atoms with Crippen LogP contribution in [0, 0.1) is 6.92 Å². The number of aryl methyl sites for hydroxylation is 1. The van der Waals surface area contributed by atoms with Crippen molar-refractivity contribution in [3.8, 4) is 0 Å². The van der Waals surface area contributed by atoms with Gasteiger partial charge < -0.3 is 4.74 Å². The molecule has 144 valence electrons. The second-order valence-corrected chi connectivity index (χ2v) is 9.01. The number of benzene rings is 3. The van der Waals surface area contributed by atoms with Crippen LogP contribution in [0.2, 0.25) is 0 Å². The summed E-state index contributed by atoms with van der Waals surface area (Å²) < 4.78 is 34.5. The summed E-state index contributed by atoms with van der Waals surface area (Å²) in [6.45, 7) is 2.54. The summed E-state index contributed by atoms with van der Waals surface area (Å²) in [5.41, 5.74) is 2.99. The second-order valence-electron chi connectivity index (χ2n) is 7.07. The third-order valence-electron chi connectivity index (χ3n) is 5.07. The van der Waals surface area contributed by atoms with E-state index in [4.69, 9.17) is 4.74 Å². The number of rotatable bonds is 4. The van der Waals surface area contributed by atoms with E-state index < -0.39 is 10.0 Å². The Labute approximate surface area is 166 Å². The van der Waals surface area contributed by atoms with E-state index in [1.54, 1.807) is 16.4 Å². The van der Waals surface area contributed by atoms with Crippen molar-refractivity contribution in [2.45, 2.75) is 24.0 Å². The average molecular weight is 394 g/mol. The van der Waals surface area contributed by atoms with Gasteiger partial charge in [0.2, 0.25) is 10.0 Å². The van der Waals surface area contributed by atoms with Crippen LogP contribution in [-0.4, -0.2) is 25.8 Å². The van der Waals surface area contributed by atoms with Crippen LogP contribution in [0.3, 0.4) is 0 Å². The first kappa shape index (κ1) is 18.9. The molecule has 0 unspecified atom stereocenters. The van der Waals surface area contributed by atoms with Crippen LogP contribution in [0.25, 0.3) is 0 Å². The van der Waals surface area contributed by atoms with Gasteiger partial charge in [-0.15, -0.1) is 0 Å². The molecule has 0 aromatic heterocycles. The van der Waals surface area contributed by atoms with Crippen LogP contribution < -0.4 is 0 Å². The van der Waals surface area contributed by atoms with Crippen molar-refractivity contribution in [2.75, 3.05) is 13.1 Å². The fourth-order valence-corrected chi connectivity index (χ4v) is 4.93. The Kier molecular flexibility index (Phi) is 5.31. The first-order valence-corrected chi connectivity index (χ1v) is 10.8. The molecule has 2 atom stereocenters. The molecule has 4 rings (SSSR count). The molecule has 3 aromatic carbocycles. The van der Waals surface area contributed by atoms with Crippen molar-refractivity contribution in [3.63, 3.8) is 0 Å². The molecular weight excluding hydrogens is 370 g/mol. The van der Waals surface area contributed by atoms with E-state index in [1.807, 2.05) is 79.7 Å². The fourth-order valence-electron chi connectivity index (χ4n) is 3.49. The molecule has 1 aliphatic heterocycles. The summed E-state index contributed by atoms with van der Waals surface area (Å²) >= 11 is 0. The highest BCUT2D eigenvalue weighted by Crippen LogP contribution is 2.35. The molecule has 1 saturated heterocycles. The average Bonchev–Trinajstić information content (AvgIpc) is 2.75. The van der Waals surface area contributed by atoms with Gasteiger partial charge in [-0.2, -0.15) is 4.31 Å². The fraction of sp³-hybridized carbons (Fsp3) is 0.217. The van der Waals surface area contributed by atoms with Gasteiger partial charge in [-0.25, -0.2) is 8.42 Å². The Hall–Kier alpha value is -2.47. The van der Waals surface area contributed by atoms with Crippen molar-refractivity contribution in [1.29, 1.82) is 0 Å². The summed E-state index contributed by atoms with van der Waals surface area (Å²) in [7, 11) is -3.61. The molecule has 1 heterocycles. The Morgan fingerprint density at radius 1 is 0.750 bits per heavy atom. The van der Waals surface area contributed by atoms with Gasteiger partial charge in [-0.05, 0) is 30.2 Å². The van der Waals surface area contributed by atoms with E-state index in [1.165, 1.54) is 0 Å². The monoisotopic (exact) mass is 393 g/mol. The molecule has 5 heteroatoms. The molecule has 0 N–H and O–H groups in total. The highest BCUT2D eigenvalue weighted by Gasteiger charge is 2.36. The van der Waals surface area contributed by atoms with E-state index in [0.717, 1.165) is 16.7 Å². The van der Waals surface area contributed by atoms with E-state index in [9.17, 15) is 8.42 Å². The number of sulfonamides is 1. The Morgan fingerprint density at radius 2 is 1.21 bits per heavy atom. The molecule has 0 spiro atoms. The van der Waals surface area contributed by atoms with Crippen LogP contribution in [0.1, 0.15) is 28.9 Å². The van der Waals surface area contributed by atoms with E-state index in [0.29, 0.717) is 18.0 Å². The van der Waals surface area contributed by atoms with E-state index >= 15 is 0 Å². The number of hydrogen-bond donors (Lipinski definition) is 0. The molecular formula is C23H23NO3S. The summed E-state index contributed by atoms with van der Waals surface area (Å²) in [5, 5.41) is 0. The SMILES string of the molecule is Cc1ccc(S(=O)(=O)N2C[C@H](c3ccccc3)O[C@@H](c3ccccc3)C2)cc1. The highest BCUT2D eigenvalue weighted by molar-refractivity contribution is 7.89. The molecule has 0 radical (unpaired) electrons. The second kappa shape index (κ2) is 7.87. The number of hydrogen-bond acceptors (Lipinski definition) is 3. The minimum atomic E-state index is -3.61. The first-order valence-electron chi connectivity index (χ1n) is 9.36. The Morgan fingerprint density at radius 3 is 1.68 bits per heavy atom. The third-order valence-corrected chi connectivity index (χ3v) is 6.91. The van der Waals surface area contributed by atoms with E-state index in [2.05, 4.69) is 0 Å². The minimum absolute atomic E-state index is 0.295. The predicted octanol–water partition coefficient (Wildman–Crippen LogP) is 4.50. The maximum atomic E-state index is 13.3. The number of morpholine rings is 1. The van der Waals surface area contributed by atoms with Gasteiger partial charge in [0, 0.05) is 13.1 Å². The third kappa shape index (κ3) is 3.87. The zero-order valence-corrected chi connectivity index (χ0v) is 16.5. The lowest BCUT2D eigenvalue weighted by molar-refractivity contribution is -0.0671. The van der Waals surface area contributed by atoms with Gasteiger partial charge in [0.25, 0.3) is 0 Å². The topological polar surface area (TPSA) is 46.6 Å².